The molecule has 0 fully saturated rings. The fourth-order valence-electron chi connectivity index (χ4n) is 5.08. The first-order valence-electron chi connectivity index (χ1n) is 15.3. The number of benzene rings is 4. The Morgan fingerprint density at radius 3 is 2.04 bits per heavy atom. The molecule has 0 aromatic heterocycles. The zero-order chi connectivity index (χ0) is 33.8. The van der Waals surface area contributed by atoms with Crippen LogP contribution in [0.3, 0.4) is 0 Å². The summed E-state index contributed by atoms with van der Waals surface area (Å²) in [5.41, 5.74) is 1.88. The molecule has 248 valence electrons. The van der Waals surface area contributed by atoms with Gasteiger partial charge in [-0.3, -0.25) is 13.9 Å². The van der Waals surface area contributed by atoms with Gasteiger partial charge in [-0.15, -0.1) is 0 Å². The van der Waals surface area contributed by atoms with Gasteiger partial charge in [0.05, 0.1) is 24.8 Å². The van der Waals surface area contributed by atoms with Crippen molar-refractivity contribution in [1.82, 2.24) is 10.2 Å². The van der Waals surface area contributed by atoms with Crippen LogP contribution in [0.5, 0.6) is 11.5 Å². The number of amides is 2. The Kier molecular flexibility index (Phi) is 12.7. The van der Waals surface area contributed by atoms with E-state index in [-0.39, 0.29) is 35.2 Å². The molecule has 1 N–H and O–H groups in total. The van der Waals surface area contributed by atoms with E-state index in [1.54, 1.807) is 12.1 Å². The molecular formula is C36H40ClN3O6S. The van der Waals surface area contributed by atoms with Crippen LogP contribution in [0.15, 0.2) is 108 Å². The van der Waals surface area contributed by atoms with Crippen LogP contribution in [0.2, 0.25) is 5.02 Å². The van der Waals surface area contributed by atoms with Gasteiger partial charge in [0.2, 0.25) is 11.8 Å². The molecule has 1 atom stereocenters. The number of carbonyl (C=O) groups is 2. The van der Waals surface area contributed by atoms with Crippen molar-refractivity contribution in [2.24, 2.45) is 0 Å². The average molecular weight is 678 g/mol. The number of hydrogen-bond acceptors (Lipinski definition) is 6. The number of methoxy groups -OCH3 is 2. The van der Waals surface area contributed by atoms with Crippen LogP contribution in [0, 0.1) is 0 Å². The Bertz CT molecular complexity index is 1720. The minimum Gasteiger partial charge on any atom is -0.493 e. The van der Waals surface area contributed by atoms with Gasteiger partial charge >= 0.3 is 0 Å². The van der Waals surface area contributed by atoms with E-state index < -0.39 is 28.5 Å². The zero-order valence-corrected chi connectivity index (χ0v) is 28.3. The molecule has 0 saturated carbocycles. The van der Waals surface area contributed by atoms with E-state index in [0.717, 1.165) is 28.3 Å². The molecule has 2 amide bonds. The first kappa shape index (κ1) is 35.3. The number of nitrogens with one attached hydrogen (secondary N) is 1. The summed E-state index contributed by atoms with van der Waals surface area (Å²) in [5, 5.41) is 3.39. The fraction of sp³-hybridized carbons (Fsp3) is 0.278. The topological polar surface area (TPSA) is 105 Å². The number of unbranched alkanes of at least 4 members (excludes halogenated alkanes) is 1. The van der Waals surface area contributed by atoms with E-state index in [2.05, 4.69) is 5.32 Å². The second-order valence-corrected chi connectivity index (χ2v) is 13.2. The SMILES string of the molecule is CCCCNC(=O)C(Cc1ccccc1)N(Cc1ccccc1)C(=O)CN(c1ccc(Cl)cc1)S(=O)(=O)c1ccc(OC)c(OC)c1. The van der Waals surface area contributed by atoms with Gasteiger partial charge in [-0.2, -0.15) is 0 Å². The van der Waals surface area contributed by atoms with E-state index in [4.69, 9.17) is 21.1 Å². The van der Waals surface area contributed by atoms with Crippen LogP contribution in [0.1, 0.15) is 30.9 Å². The van der Waals surface area contributed by atoms with Gasteiger partial charge in [-0.1, -0.05) is 85.6 Å². The van der Waals surface area contributed by atoms with E-state index in [1.165, 1.54) is 49.5 Å². The highest BCUT2D eigenvalue weighted by molar-refractivity contribution is 7.92. The number of halogens is 1. The summed E-state index contributed by atoms with van der Waals surface area (Å²) in [7, 11) is -1.48. The Balaban J connectivity index is 1.79. The molecule has 0 heterocycles. The van der Waals surface area contributed by atoms with E-state index in [9.17, 15) is 18.0 Å². The fourth-order valence-corrected chi connectivity index (χ4v) is 6.64. The van der Waals surface area contributed by atoms with Crippen molar-refractivity contribution < 1.29 is 27.5 Å². The first-order chi connectivity index (χ1) is 22.7. The highest BCUT2D eigenvalue weighted by Gasteiger charge is 2.35. The van der Waals surface area contributed by atoms with Gasteiger partial charge in [0.1, 0.15) is 12.6 Å². The zero-order valence-electron chi connectivity index (χ0n) is 26.8. The minimum atomic E-state index is -4.34. The minimum absolute atomic E-state index is 0.0865. The van der Waals surface area contributed by atoms with Crippen LogP contribution in [-0.2, 0) is 32.6 Å². The Hall–Kier alpha value is -4.54. The molecule has 0 radical (unpaired) electrons. The summed E-state index contributed by atoms with van der Waals surface area (Å²) in [5.74, 6) is -0.299. The normalized spacial score (nSPS) is 11.7. The summed E-state index contributed by atoms with van der Waals surface area (Å²) >= 11 is 6.15. The standard InChI is InChI=1S/C36H40ClN3O6S/c1-4-5-22-38-36(42)32(23-27-12-8-6-9-13-27)39(25-28-14-10-7-11-15-28)35(41)26-40(30-18-16-29(37)17-19-30)47(43,44)31-20-21-33(45-2)34(24-31)46-3/h6-21,24,32H,4-5,22-23,25-26H2,1-3H3,(H,38,42). The van der Waals surface area contributed by atoms with Crippen molar-refractivity contribution in [1.29, 1.82) is 0 Å². The molecule has 4 rings (SSSR count). The highest BCUT2D eigenvalue weighted by atomic mass is 35.5. The van der Waals surface area contributed by atoms with Crippen molar-refractivity contribution in [2.45, 2.75) is 43.7 Å². The van der Waals surface area contributed by atoms with Gasteiger partial charge < -0.3 is 19.7 Å². The second kappa shape index (κ2) is 16.9. The summed E-state index contributed by atoms with van der Waals surface area (Å²) < 4.78 is 40.3. The molecule has 11 heteroatoms. The highest BCUT2D eigenvalue weighted by Crippen LogP contribution is 2.33. The third-order valence-electron chi connectivity index (χ3n) is 7.63. The Labute approximate surface area is 282 Å². The molecular weight excluding hydrogens is 638 g/mol. The maximum Gasteiger partial charge on any atom is 0.264 e. The predicted molar refractivity (Wildman–Crippen MR) is 184 cm³/mol. The van der Waals surface area contributed by atoms with Crippen molar-refractivity contribution in [3.8, 4) is 11.5 Å². The van der Waals surface area contributed by atoms with Gasteiger partial charge in [-0.05, 0) is 53.9 Å². The van der Waals surface area contributed by atoms with Gasteiger partial charge in [0.25, 0.3) is 10.0 Å². The number of ether oxygens (including phenoxy) is 2. The molecule has 0 saturated heterocycles. The van der Waals surface area contributed by atoms with E-state index in [0.29, 0.717) is 17.3 Å². The average Bonchev–Trinajstić information content (AvgIpc) is 3.09. The molecule has 0 spiro atoms. The van der Waals surface area contributed by atoms with Crippen LogP contribution in [0.4, 0.5) is 5.69 Å². The quantitative estimate of drug-likeness (QED) is 0.144. The Morgan fingerprint density at radius 2 is 1.45 bits per heavy atom. The van der Waals surface area contributed by atoms with Crippen LogP contribution < -0.4 is 19.1 Å². The number of anilines is 1. The lowest BCUT2D eigenvalue weighted by molar-refractivity contribution is -0.140. The number of rotatable bonds is 16. The molecule has 47 heavy (non-hydrogen) atoms. The molecule has 0 aliphatic heterocycles. The lowest BCUT2D eigenvalue weighted by Gasteiger charge is -2.34. The lowest BCUT2D eigenvalue weighted by Crippen LogP contribution is -2.53. The lowest BCUT2D eigenvalue weighted by atomic mass is 10.0. The van der Waals surface area contributed by atoms with Crippen molar-refractivity contribution in [3.05, 3.63) is 119 Å². The van der Waals surface area contributed by atoms with Crippen LogP contribution >= 0.6 is 11.6 Å². The van der Waals surface area contributed by atoms with Crippen molar-refractivity contribution in [2.75, 3.05) is 31.6 Å². The van der Waals surface area contributed by atoms with E-state index in [1.807, 2.05) is 67.6 Å². The Morgan fingerprint density at radius 1 is 0.830 bits per heavy atom. The molecule has 0 bridgehead atoms. The van der Waals surface area contributed by atoms with Crippen molar-refractivity contribution in [3.63, 3.8) is 0 Å². The molecule has 0 aliphatic carbocycles. The third-order valence-corrected chi connectivity index (χ3v) is 9.65. The monoisotopic (exact) mass is 677 g/mol. The van der Waals surface area contributed by atoms with Gasteiger partial charge in [0, 0.05) is 30.6 Å². The molecule has 4 aromatic carbocycles. The smallest absolute Gasteiger partial charge is 0.264 e. The number of nitrogens with zero attached hydrogens (tertiary/aromatic N) is 2. The van der Waals surface area contributed by atoms with Gasteiger partial charge in [0.15, 0.2) is 11.5 Å². The van der Waals surface area contributed by atoms with E-state index >= 15 is 0 Å². The summed E-state index contributed by atoms with van der Waals surface area (Å²) in [6, 6.07) is 28.3. The number of sulfonamides is 1. The first-order valence-corrected chi connectivity index (χ1v) is 17.1. The third kappa shape index (κ3) is 9.27. The second-order valence-electron chi connectivity index (χ2n) is 10.9. The maximum atomic E-state index is 14.5. The predicted octanol–water partition coefficient (Wildman–Crippen LogP) is 6.11. The largest absolute Gasteiger partial charge is 0.493 e. The van der Waals surface area contributed by atoms with Gasteiger partial charge in [-0.25, -0.2) is 8.42 Å². The summed E-state index contributed by atoms with van der Waals surface area (Å²) in [6.07, 6.45) is 1.91. The number of carbonyl (C=O) groups excluding carboxylic acids is 2. The van der Waals surface area contributed by atoms with Crippen molar-refractivity contribution >= 4 is 39.1 Å². The van der Waals surface area contributed by atoms with Crippen LogP contribution in [0.25, 0.3) is 0 Å². The molecule has 9 nitrogen and oxygen atoms in total. The number of hydrogen-bond donors (Lipinski definition) is 1. The summed E-state index contributed by atoms with van der Waals surface area (Å²) in [6.45, 7) is 1.99. The van der Waals surface area contributed by atoms with Crippen LogP contribution in [-0.4, -0.2) is 58.5 Å². The molecule has 4 aromatic rings. The molecule has 0 aliphatic rings. The maximum absolute atomic E-state index is 14.5. The molecule has 1 unspecified atom stereocenters. The summed E-state index contributed by atoms with van der Waals surface area (Å²) in [4.78, 5) is 29.7.